The Morgan fingerprint density at radius 3 is 2.69 bits per heavy atom. The molecule has 2 aromatic carbocycles. The van der Waals surface area contributed by atoms with Crippen LogP contribution in [-0.4, -0.2) is 48.3 Å². The van der Waals surface area contributed by atoms with Crippen molar-refractivity contribution in [2.24, 2.45) is 0 Å². The number of aromatic nitrogens is 2. The number of halogens is 1. The molecule has 1 fully saturated rings. The van der Waals surface area contributed by atoms with Gasteiger partial charge in [-0.1, -0.05) is 53.4 Å². The van der Waals surface area contributed by atoms with Gasteiger partial charge in [0.25, 0.3) is 0 Å². The van der Waals surface area contributed by atoms with Crippen LogP contribution in [0.1, 0.15) is 28.8 Å². The van der Waals surface area contributed by atoms with Crippen molar-refractivity contribution in [2.45, 2.75) is 27.8 Å². The average Bonchev–Trinajstić information content (AvgIpc) is 3.50. The number of anilines is 1. The zero-order valence-electron chi connectivity index (χ0n) is 17.0. The molecule has 0 aliphatic carbocycles. The van der Waals surface area contributed by atoms with Crippen LogP contribution in [0.3, 0.4) is 0 Å². The quantitative estimate of drug-likeness (QED) is 0.356. The van der Waals surface area contributed by atoms with Crippen molar-refractivity contribution in [1.29, 1.82) is 0 Å². The maximum Gasteiger partial charge on any atom is 0.243 e. The van der Waals surface area contributed by atoms with E-state index in [0.717, 1.165) is 12.8 Å². The Balaban J connectivity index is 1.35. The molecule has 0 radical (unpaired) electrons. The topological polar surface area (TPSA) is 92.3 Å². The fourth-order valence-electron chi connectivity index (χ4n) is 3.26. The Hall–Kier alpha value is -2.34. The number of Topliss-reactive ketones (excluding diaryl/α,β-unsaturated/α-hetero) is 1. The van der Waals surface area contributed by atoms with Gasteiger partial charge in [0.05, 0.1) is 11.4 Å². The highest BCUT2D eigenvalue weighted by atomic mass is 32.2. The average molecular weight is 493 g/mol. The first-order valence-corrected chi connectivity index (χ1v) is 13.2. The Kier molecular flexibility index (Phi) is 7.19. The molecule has 3 aromatic rings. The molecule has 168 valence electrons. The molecule has 32 heavy (non-hydrogen) atoms. The first-order chi connectivity index (χ1) is 15.4. The van der Waals surface area contributed by atoms with Gasteiger partial charge in [-0.15, -0.1) is 10.2 Å². The van der Waals surface area contributed by atoms with Crippen LogP contribution in [-0.2, 0) is 15.8 Å². The molecule has 11 heteroatoms. The van der Waals surface area contributed by atoms with E-state index in [4.69, 9.17) is 0 Å². The molecule has 0 spiro atoms. The Bertz CT molecular complexity index is 1210. The summed E-state index contributed by atoms with van der Waals surface area (Å²) in [6, 6.07) is 12.7. The second kappa shape index (κ2) is 10.1. The van der Waals surface area contributed by atoms with Gasteiger partial charge in [0.2, 0.25) is 15.2 Å². The minimum absolute atomic E-state index is 0.0418. The Morgan fingerprint density at radius 2 is 1.91 bits per heavy atom. The maximum absolute atomic E-state index is 13.7. The van der Waals surface area contributed by atoms with Gasteiger partial charge in [-0.3, -0.25) is 4.79 Å². The lowest BCUT2D eigenvalue weighted by molar-refractivity contribution is 0.101. The van der Waals surface area contributed by atoms with E-state index < -0.39 is 10.0 Å². The molecule has 0 saturated carbocycles. The standard InChI is InChI=1S/C21H21FN4O3S3/c22-18-9-2-1-6-16(18)14-30-21-25-24-20(31-21)23-13-19(27)15-7-5-8-17(12-15)32(28,29)26-10-3-4-11-26/h1-2,5-9,12H,3-4,10-11,13-14H2,(H,23,24). The predicted octanol–water partition coefficient (Wildman–Crippen LogP) is 4.05. The van der Waals surface area contributed by atoms with Crippen molar-refractivity contribution < 1.29 is 17.6 Å². The fourth-order valence-corrected chi connectivity index (χ4v) is 6.56. The summed E-state index contributed by atoms with van der Waals surface area (Å²) in [6.07, 6.45) is 1.70. The van der Waals surface area contributed by atoms with Crippen LogP contribution in [0.25, 0.3) is 0 Å². The van der Waals surface area contributed by atoms with E-state index in [9.17, 15) is 17.6 Å². The molecular formula is C21H21FN4O3S3. The zero-order chi connectivity index (χ0) is 22.6. The van der Waals surface area contributed by atoms with Crippen LogP contribution in [0.15, 0.2) is 57.8 Å². The number of thioether (sulfide) groups is 1. The minimum Gasteiger partial charge on any atom is -0.353 e. The number of ketones is 1. The van der Waals surface area contributed by atoms with E-state index in [1.54, 1.807) is 30.3 Å². The van der Waals surface area contributed by atoms with Crippen molar-refractivity contribution in [3.8, 4) is 0 Å². The first kappa shape index (κ1) is 22.8. The minimum atomic E-state index is -3.58. The van der Waals surface area contributed by atoms with Crippen LogP contribution in [0, 0.1) is 5.82 Å². The van der Waals surface area contributed by atoms with Crippen LogP contribution in [0.2, 0.25) is 0 Å². The van der Waals surface area contributed by atoms with Crippen molar-refractivity contribution >= 4 is 44.0 Å². The number of nitrogens with zero attached hydrogens (tertiary/aromatic N) is 3. The highest BCUT2D eigenvalue weighted by Crippen LogP contribution is 2.29. The summed E-state index contributed by atoms with van der Waals surface area (Å²) in [6.45, 7) is 0.979. The molecule has 2 heterocycles. The third kappa shape index (κ3) is 5.34. The molecule has 1 aromatic heterocycles. The number of sulfonamides is 1. The van der Waals surface area contributed by atoms with Gasteiger partial charge in [0.1, 0.15) is 5.82 Å². The number of hydrogen-bond acceptors (Lipinski definition) is 8. The van der Waals surface area contributed by atoms with Crippen LogP contribution < -0.4 is 5.32 Å². The second-order valence-corrected chi connectivity index (χ2v) is 11.3. The van der Waals surface area contributed by atoms with E-state index in [-0.39, 0.29) is 23.0 Å². The number of rotatable bonds is 9. The number of hydrogen-bond donors (Lipinski definition) is 1. The molecule has 7 nitrogen and oxygen atoms in total. The zero-order valence-corrected chi connectivity index (χ0v) is 19.5. The van der Waals surface area contributed by atoms with E-state index in [2.05, 4.69) is 15.5 Å². The van der Waals surface area contributed by atoms with E-state index in [1.165, 1.54) is 45.6 Å². The van der Waals surface area contributed by atoms with Crippen molar-refractivity contribution in [3.63, 3.8) is 0 Å². The fraction of sp³-hybridized carbons (Fsp3) is 0.286. The molecule has 0 atom stereocenters. The second-order valence-electron chi connectivity index (χ2n) is 7.17. The molecule has 0 bridgehead atoms. The number of carbonyl (C=O) groups excluding carboxylic acids is 1. The largest absolute Gasteiger partial charge is 0.353 e. The molecule has 1 N–H and O–H groups in total. The summed E-state index contributed by atoms with van der Waals surface area (Å²) in [5.41, 5.74) is 0.901. The molecule has 1 saturated heterocycles. The monoisotopic (exact) mass is 492 g/mol. The van der Waals surface area contributed by atoms with Crippen LogP contribution >= 0.6 is 23.1 Å². The van der Waals surface area contributed by atoms with Crippen LogP contribution in [0.5, 0.6) is 0 Å². The van der Waals surface area contributed by atoms with E-state index >= 15 is 0 Å². The Morgan fingerprint density at radius 1 is 1.12 bits per heavy atom. The molecule has 4 rings (SSSR count). The molecular weight excluding hydrogens is 471 g/mol. The first-order valence-electron chi connectivity index (χ1n) is 10.0. The Labute approximate surface area is 194 Å². The number of benzene rings is 2. The number of nitrogens with one attached hydrogen (secondary N) is 1. The molecule has 1 aliphatic heterocycles. The predicted molar refractivity (Wildman–Crippen MR) is 123 cm³/mol. The van der Waals surface area contributed by atoms with Gasteiger partial charge in [-0.05, 0) is 36.6 Å². The summed E-state index contributed by atoms with van der Waals surface area (Å²) in [4.78, 5) is 12.7. The van der Waals surface area contributed by atoms with Gasteiger partial charge in [0, 0.05) is 24.4 Å². The molecule has 1 aliphatic rings. The summed E-state index contributed by atoms with van der Waals surface area (Å²) >= 11 is 2.64. The highest BCUT2D eigenvalue weighted by Gasteiger charge is 2.27. The van der Waals surface area contributed by atoms with Gasteiger partial charge in [-0.25, -0.2) is 12.8 Å². The lowest BCUT2D eigenvalue weighted by Gasteiger charge is -2.15. The van der Waals surface area contributed by atoms with Crippen molar-refractivity contribution in [2.75, 3.05) is 25.0 Å². The van der Waals surface area contributed by atoms with Crippen molar-refractivity contribution in [3.05, 3.63) is 65.5 Å². The lowest BCUT2D eigenvalue weighted by atomic mass is 10.1. The molecule has 0 unspecified atom stereocenters. The molecule has 0 amide bonds. The number of carbonyl (C=O) groups is 1. The maximum atomic E-state index is 13.7. The summed E-state index contributed by atoms with van der Waals surface area (Å²) < 4.78 is 41.3. The normalized spacial score (nSPS) is 14.5. The lowest BCUT2D eigenvalue weighted by Crippen LogP contribution is -2.28. The van der Waals surface area contributed by atoms with E-state index in [1.807, 2.05) is 0 Å². The third-order valence-corrected chi connectivity index (χ3v) is 8.93. The summed E-state index contributed by atoms with van der Waals surface area (Å²) in [7, 11) is -3.58. The SMILES string of the molecule is O=C(CNc1nnc(SCc2ccccc2F)s1)c1cccc(S(=O)(=O)N2CCCC2)c1. The highest BCUT2D eigenvalue weighted by molar-refractivity contribution is 8.00. The van der Waals surface area contributed by atoms with Crippen LogP contribution in [0.4, 0.5) is 9.52 Å². The van der Waals surface area contributed by atoms with Crippen molar-refractivity contribution in [1.82, 2.24) is 14.5 Å². The van der Waals surface area contributed by atoms with Gasteiger partial charge >= 0.3 is 0 Å². The smallest absolute Gasteiger partial charge is 0.243 e. The summed E-state index contributed by atoms with van der Waals surface area (Å²) in [5, 5.41) is 11.5. The van der Waals surface area contributed by atoms with E-state index in [0.29, 0.717) is 39.4 Å². The third-order valence-electron chi connectivity index (χ3n) is 4.97. The van der Waals surface area contributed by atoms with Gasteiger partial charge in [0.15, 0.2) is 10.1 Å². The van der Waals surface area contributed by atoms with Gasteiger partial charge < -0.3 is 5.32 Å². The summed E-state index contributed by atoms with van der Waals surface area (Å²) in [5.74, 6) is -0.0833. The van der Waals surface area contributed by atoms with Gasteiger partial charge in [-0.2, -0.15) is 4.31 Å².